The van der Waals surface area contributed by atoms with E-state index in [0.29, 0.717) is 28.2 Å². The Hall–Kier alpha value is -2.37. The maximum atomic E-state index is 13.0. The van der Waals surface area contributed by atoms with Gasteiger partial charge < -0.3 is 10.7 Å². The Morgan fingerprint density at radius 2 is 2.24 bits per heavy atom. The van der Waals surface area contributed by atoms with Gasteiger partial charge in [-0.2, -0.15) is 5.10 Å². The van der Waals surface area contributed by atoms with E-state index < -0.39 is 0 Å². The van der Waals surface area contributed by atoms with E-state index in [4.69, 9.17) is 5.73 Å². The summed E-state index contributed by atoms with van der Waals surface area (Å²) in [6.45, 7) is 0. The maximum Gasteiger partial charge on any atom is 0.143 e. The average molecular weight is 231 g/mol. The van der Waals surface area contributed by atoms with Crippen LogP contribution in [0, 0.1) is 5.82 Å². The molecule has 3 rings (SSSR count). The minimum atomic E-state index is -0.299. The fraction of sp³-hybridized carbons (Fsp3) is 0.0909. The number of hydrogen-bond acceptors (Lipinski definition) is 3. The molecule has 86 valence electrons. The first kappa shape index (κ1) is 9.83. The zero-order chi connectivity index (χ0) is 12.0. The van der Waals surface area contributed by atoms with Gasteiger partial charge >= 0.3 is 0 Å². The highest BCUT2D eigenvalue weighted by Crippen LogP contribution is 2.25. The number of nitrogen functional groups attached to an aromatic ring is 1. The van der Waals surface area contributed by atoms with Crippen LogP contribution >= 0.6 is 0 Å². The number of nitrogens with zero attached hydrogens (tertiary/aromatic N) is 3. The summed E-state index contributed by atoms with van der Waals surface area (Å²) < 4.78 is 14.6. The van der Waals surface area contributed by atoms with Crippen molar-refractivity contribution < 1.29 is 4.39 Å². The number of fused-ring (bicyclic) bond motifs is 1. The van der Waals surface area contributed by atoms with E-state index >= 15 is 0 Å². The summed E-state index contributed by atoms with van der Waals surface area (Å²) in [5.74, 6) is 0.813. The standard InChI is InChI=1S/C11H10FN5/c1-17-10(13)7(5-14-17)11-15-8-3-2-6(12)4-9(8)16-11/h2-5H,13H2,1H3,(H,15,16). The van der Waals surface area contributed by atoms with Crippen molar-refractivity contribution in [2.45, 2.75) is 0 Å². The molecule has 1 aromatic carbocycles. The quantitative estimate of drug-likeness (QED) is 0.669. The molecule has 0 fully saturated rings. The summed E-state index contributed by atoms with van der Waals surface area (Å²) in [6.07, 6.45) is 1.63. The number of aromatic amines is 1. The lowest BCUT2D eigenvalue weighted by Gasteiger charge is -1.95. The minimum absolute atomic E-state index is 0.299. The molecule has 0 atom stereocenters. The third-order valence-electron chi connectivity index (χ3n) is 2.68. The van der Waals surface area contributed by atoms with Gasteiger partial charge in [0.15, 0.2) is 0 Å². The SMILES string of the molecule is Cn1ncc(-c2nc3ccc(F)cc3[nH]2)c1N. The number of halogens is 1. The molecule has 0 saturated heterocycles. The molecule has 0 spiro atoms. The zero-order valence-corrected chi connectivity index (χ0v) is 9.11. The minimum Gasteiger partial charge on any atom is -0.383 e. The van der Waals surface area contributed by atoms with Crippen molar-refractivity contribution in [3.63, 3.8) is 0 Å². The molecule has 0 amide bonds. The molecule has 17 heavy (non-hydrogen) atoms. The highest BCUT2D eigenvalue weighted by Gasteiger charge is 2.11. The number of aromatic nitrogens is 4. The molecule has 0 aliphatic heterocycles. The van der Waals surface area contributed by atoms with Crippen LogP contribution in [0.2, 0.25) is 0 Å². The summed E-state index contributed by atoms with van der Waals surface area (Å²) in [4.78, 5) is 7.37. The van der Waals surface area contributed by atoms with Gasteiger partial charge in [-0.1, -0.05) is 0 Å². The number of benzene rings is 1. The molecule has 0 unspecified atom stereocenters. The van der Waals surface area contributed by atoms with Crippen molar-refractivity contribution in [1.29, 1.82) is 0 Å². The Kier molecular flexibility index (Phi) is 1.91. The Morgan fingerprint density at radius 3 is 2.94 bits per heavy atom. The van der Waals surface area contributed by atoms with Gasteiger partial charge in [0.25, 0.3) is 0 Å². The van der Waals surface area contributed by atoms with Crippen molar-refractivity contribution in [2.75, 3.05) is 5.73 Å². The summed E-state index contributed by atoms with van der Waals surface area (Å²) in [5.41, 5.74) is 7.91. The van der Waals surface area contributed by atoms with Gasteiger partial charge in [0.2, 0.25) is 0 Å². The van der Waals surface area contributed by atoms with Gasteiger partial charge in [-0.3, -0.25) is 4.68 Å². The predicted octanol–water partition coefficient (Wildman–Crippen LogP) is 1.68. The number of H-pyrrole nitrogens is 1. The molecule has 6 heteroatoms. The van der Waals surface area contributed by atoms with E-state index in [-0.39, 0.29) is 5.82 Å². The number of imidazole rings is 1. The second-order valence-corrected chi connectivity index (χ2v) is 3.81. The van der Waals surface area contributed by atoms with E-state index in [0.717, 1.165) is 0 Å². The number of nitrogens with one attached hydrogen (secondary N) is 1. The fourth-order valence-corrected chi connectivity index (χ4v) is 1.74. The lowest BCUT2D eigenvalue weighted by atomic mass is 10.3. The molecule has 2 heterocycles. The van der Waals surface area contributed by atoms with Crippen molar-refractivity contribution in [3.8, 4) is 11.4 Å². The molecule has 0 bridgehead atoms. The molecule has 0 aliphatic rings. The van der Waals surface area contributed by atoms with Crippen LogP contribution < -0.4 is 5.73 Å². The topological polar surface area (TPSA) is 72.5 Å². The Labute approximate surface area is 96.1 Å². The van der Waals surface area contributed by atoms with Crippen LogP contribution in [0.1, 0.15) is 0 Å². The van der Waals surface area contributed by atoms with Crippen molar-refractivity contribution in [3.05, 3.63) is 30.2 Å². The highest BCUT2D eigenvalue weighted by atomic mass is 19.1. The third kappa shape index (κ3) is 1.45. The number of rotatable bonds is 1. The van der Waals surface area contributed by atoms with E-state index in [1.807, 2.05) is 0 Å². The van der Waals surface area contributed by atoms with E-state index in [2.05, 4.69) is 15.1 Å². The van der Waals surface area contributed by atoms with Crippen LogP contribution in [0.3, 0.4) is 0 Å². The van der Waals surface area contributed by atoms with Gasteiger partial charge in [0, 0.05) is 7.05 Å². The lowest BCUT2D eigenvalue weighted by Crippen LogP contribution is -1.98. The average Bonchev–Trinajstić information content (AvgIpc) is 2.83. The monoisotopic (exact) mass is 231 g/mol. The van der Waals surface area contributed by atoms with Crippen molar-refractivity contribution >= 4 is 16.9 Å². The van der Waals surface area contributed by atoms with Gasteiger partial charge in [0.1, 0.15) is 17.5 Å². The van der Waals surface area contributed by atoms with Crippen LogP contribution in [0.5, 0.6) is 0 Å². The second kappa shape index (κ2) is 3.31. The Balaban J connectivity index is 2.21. The van der Waals surface area contributed by atoms with Crippen molar-refractivity contribution in [2.24, 2.45) is 7.05 Å². The van der Waals surface area contributed by atoms with Crippen LogP contribution in [-0.4, -0.2) is 19.7 Å². The smallest absolute Gasteiger partial charge is 0.143 e. The first-order chi connectivity index (χ1) is 8.15. The van der Waals surface area contributed by atoms with E-state index in [1.54, 1.807) is 24.0 Å². The lowest BCUT2D eigenvalue weighted by molar-refractivity contribution is 0.629. The number of anilines is 1. The number of aryl methyl sites for hydroxylation is 1. The normalized spacial score (nSPS) is 11.2. The van der Waals surface area contributed by atoms with Gasteiger partial charge in [-0.15, -0.1) is 0 Å². The van der Waals surface area contributed by atoms with Gasteiger partial charge in [-0.25, -0.2) is 9.37 Å². The van der Waals surface area contributed by atoms with Crippen LogP contribution in [0.25, 0.3) is 22.4 Å². The second-order valence-electron chi connectivity index (χ2n) is 3.81. The van der Waals surface area contributed by atoms with Crippen molar-refractivity contribution in [1.82, 2.24) is 19.7 Å². The molecule has 0 aliphatic carbocycles. The summed E-state index contributed by atoms with van der Waals surface area (Å²) in [6, 6.07) is 4.40. The summed E-state index contributed by atoms with van der Waals surface area (Å²) in [5, 5.41) is 4.04. The van der Waals surface area contributed by atoms with Crippen LogP contribution in [-0.2, 0) is 7.05 Å². The maximum absolute atomic E-state index is 13.0. The molecular formula is C11H10FN5. The van der Waals surface area contributed by atoms with E-state index in [9.17, 15) is 4.39 Å². The number of hydrogen-bond donors (Lipinski definition) is 2. The molecule has 3 aromatic rings. The molecule has 0 saturated carbocycles. The molecular weight excluding hydrogens is 221 g/mol. The van der Waals surface area contributed by atoms with Gasteiger partial charge in [-0.05, 0) is 18.2 Å². The van der Waals surface area contributed by atoms with Gasteiger partial charge in [0.05, 0.1) is 22.8 Å². The molecule has 5 nitrogen and oxygen atoms in total. The third-order valence-corrected chi connectivity index (χ3v) is 2.68. The first-order valence-electron chi connectivity index (χ1n) is 5.08. The Morgan fingerprint density at radius 1 is 1.41 bits per heavy atom. The Bertz CT molecular complexity index is 697. The number of nitrogens with two attached hydrogens (primary N) is 1. The predicted molar refractivity (Wildman–Crippen MR) is 62.7 cm³/mol. The molecule has 0 radical (unpaired) electrons. The fourth-order valence-electron chi connectivity index (χ4n) is 1.74. The first-order valence-corrected chi connectivity index (χ1v) is 5.08. The zero-order valence-electron chi connectivity index (χ0n) is 9.11. The van der Waals surface area contributed by atoms with Crippen LogP contribution in [0.4, 0.5) is 10.2 Å². The highest BCUT2D eigenvalue weighted by molar-refractivity contribution is 5.81. The molecule has 2 aromatic heterocycles. The molecule has 3 N–H and O–H groups in total. The summed E-state index contributed by atoms with van der Waals surface area (Å²) >= 11 is 0. The van der Waals surface area contributed by atoms with Crippen LogP contribution in [0.15, 0.2) is 24.4 Å². The largest absolute Gasteiger partial charge is 0.383 e. The van der Waals surface area contributed by atoms with E-state index in [1.165, 1.54) is 12.1 Å². The summed E-state index contributed by atoms with van der Waals surface area (Å²) in [7, 11) is 1.75.